The molecule has 0 aliphatic carbocycles. The molecule has 0 fully saturated rings. The highest BCUT2D eigenvalue weighted by molar-refractivity contribution is 7.86. The highest BCUT2D eigenvalue weighted by Crippen LogP contribution is 2.35. The van der Waals surface area contributed by atoms with Crippen LogP contribution in [0.1, 0.15) is 13.3 Å². The predicted molar refractivity (Wildman–Crippen MR) is 65.8 cm³/mol. The molecule has 0 spiro atoms. The first kappa shape index (κ1) is 13.6. The Hall–Kier alpha value is -0.830. The van der Waals surface area contributed by atoms with Gasteiger partial charge in [0, 0.05) is 10.8 Å². The summed E-state index contributed by atoms with van der Waals surface area (Å²) in [5.74, 6) is 1.33. The van der Waals surface area contributed by atoms with Crippen LogP contribution in [0.2, 0.25) is 0 Å². The van der Waals surface area contributed by atoms with Crippen LogP contribution in [0.25, 0.3) is 0 Å². The summed E-state index contributed by atoms with van der Waals surface area (Å²) in [4.78, 5) is 0. The molecule has 0 bridgehead atoms. The number of thiophene rings is 1. The predicted octanol–water partition coefficient (Wildman–Crippen LogP) is 1.53. The van der Waals surface area contributed by atoms with E-state index >= 15 is 0 Å². The van der Waals surface area contributed by atoms with E-state index in [4.69, 9.17) is 18.8 Å². The first-order valence-electron chi connectivity index (χ1n) is 5.44. The Morgan fingerprint density at radius 2 is 2.28 bits per heavy atom. The second-order valence-electron chi connectivity index (χ2n) is 3.84. The van der Waals surface area contributed by atoms with Crippen LogP contribution < -0.4 is 9.47 Å². The Balaban J connectivity index is 1.89. The zero-order chi connectivity index (χ0) is 13.2. The molecule has 1 aliphatic heterocycles. The van der Waals surface area contributed by atoms with E-state index in [-0.39, 0.29) is 19.1 Å². The van der Waals surface area contributed by atoms with Crippen LogP contribution in [0.4, 0.5) is 0 Å². The van der Waals surface area contributed by atoms with Gasteiger partial charge in [0.25, 0.3) is 10.1 Å². The van der Waals surface area contributed by atoms with Crippen molar-refractivity contribution in [1.29, 1.82) is 0 Å². The minimum Gasteiger partial charge on any atom is -0.485 e. The number of ether oxygens (including phenoxy) is 3. The van der Waals surface area contributed by atoms with Gasteiger partial charge in [-0.15, -0.1) is 11.3 Å². The van der Waals surface area contributed by atoms with E-state index in [2.05, 4.69) is 0 Å². The monoisotopic (exact) mass is 294 g/mol. The van der Waals surface area contributed by atoms with E-state index in [1.165, 1.54) is 11.3 Å². The maximum absolute atomic E-state index is 11.0. The summed E-state index contributed by atoms with van der Waals surface area (Å²) in [5.41, 5.74) is -1.22. The summed E-state index contributed by atoms with van der Waals surface area (Å²) in [6.45, 7) is 1.97. The molecule has 2 atom stereocenters. The lowest BCUT2D eigenvalue weighted by atomic mass is 10.3. The molecule has 1 N–H and O–H groups in total. The van der Waals surface area contributed by atoms with Crippen molar-refractivity contribution < 1.29 is 27.2 Å². The van der Waals surface area contributed by atoms with Gasteiger partial charge in [-0.3, -0.25) is 4.55 Å². The lowest BCUT2D eigenvalue weighted by molar-refractivity contribution is -0.00407. The second-order valence-corrected chi connectivity index (χ2v) is 6.14. The molecule has 0 radical (unpaired) electrons. The lowest BCUT2D eigenvalue weighted by Gasteiger charge is -2.25. The minimum absolute atomic E-state index is 0.0492. The van der Waals surface area contributed by atoms with Crippen molar-refractivity contribution >= 4 is 21.5 Å². The lowest BCUT2D eigenvalue weighted by Crippen LogP contribution is -2.36. The molecule has 18 heavy (non-hydrogen) atoms. The van der Waals surface area contributed by atoms with E-state index in [1.807, 2.05) is 10.8 Å². The summed E-state index contributed by atoms with van der Waals surface area (Å²) in [6, 6.07) is 0. The largest absolute Gasteiger partial charge is 0.485 e. The van der Waals surface area contributed by atoms with Crippen LogP contribution >= 0.6 is 11.3 Å². The van der Waals surface area contributed by atoms with Gasteiger partial charge >= 0.3 is 0 Å². The molecular weight excluding hydrogens is 280 g/mol. The highest BCUT2D eigenvalue weighted by Gasteiger charge is 2.26. The summed E-state index contributed by atoms with van der Waals surface area (Å²) in [7, 11) is -4.18. The van der Waals surface area contributed by atoms with Gasteiger partial charge < -0.3 is 14.2 Å². The van der Waals surface area contributed by atoms with Gasteiger partial charge in [-0.1, -0.05) is 6.92 Å². The Morgan fingerprint density at radius 1 is 1.56 bits per heavy atom. The van der Waals surface area contributed by atoms with Gasteiger partial charge in [0.05, 0.1) is 6.61 Å². The third-order valence-electron chi connectivity index (χ3n) is 2.44. The topological polar surface area (TPSA) is 82.1 Å². The highest BCUT2D eigenvalue weighted by atomic mass is 32.2. The molecule has 0 saturated carbocycles. The third kappa shape index (κ3) is 3.14. The summed E-state index contributed by atoms with van der Waals surface area (Å²) < 4.78 is 46.9. The Bertz CT molecular complexity index is 494. The number of rotatable bonds is 5. The molecule has 1 aromatic heterocycles. The molecule has 0 aromatic carbocycles. The minimum atomic E-state index is -4.18. The molecule has 2 unspecified atom stereocenters. The van der Waals surface area contributed by atoms with Gasteiger partial charge in [-0.2, -0.15) is 8.42 Å². The molecule has 2 heterocycles. The van der Waals surface area contributed by atoms with Crippen molar-refractivity contribution in [2.45, 2.75) is 24.9 Å². The molecule has 1 aliphatic rings. The molecule has 0 saturated heterocycles. The maximum Gasteiger partial charge on any atom is 0.292 e. The first-order valence-corrected chi connectivity index (χ1v) is 7.89. The average Bonchev–Trinajstić information content (AvgIpc) is 2.75. The zero-order valence-electron chi connectivity index (χ0n) is 9.74. The summed E-state index contributed by atoms with van der Waals surface area (Å²) in [5, 5.41) is 3.64. The van der Waals surface area contributed by atoms with Crippen LogP contribution in [-0.4, -0.2) is 37.7 Å². The quantitative estimate of drug-likeness (QED) is 0.829. The smallest absolute Gasteiger partial charge is 0.292 e. The van der Waals surface area contributed by atoms with Crippen LogP contribution in [-0.2, 0) is 14.9 Å². The van der Waals surface area contributed by atoms with Gasteiger partial charge in [-0.25, -0.2) is 0 Å². The standard InChI is InChI=1S/C10H14O6S2/c1-2-10(18(11,12)13)15-4-7-3-14-8-5-17-6-9(8)16-7/h5-7,10H,2-4H2,1H3,(H,11,12,13). The van der Waals surface area contributed by atoms with Crippen molar-refractivity contribution in [3.8, 4) is 11.5 Å². The summed E-state index contributed by atoms with van der Waals surface area (Å²) >= 11 is 1.46. The van der Waals surface area contributed by atoms with Crippen molar-refractivity contribution in [2.75, 3.05) is 13.2 Å². The summed E-state index contributed by atoms with van der Waals surface area (Å²) in [6.07, 6.45) is -0.196. The maximum atomic E-state index is 11.0. The molecular formula is C10H14O6S2. The van der Waals surface area contributed by atoms with Crippen molar-refractivity contribution in [2.24, 2.45) is 0 Å². The fourth-order valence-electron chi connectivity index (χ4n) is 1.57. The van der Waals surface area contributed by atoms with E-state index < -0.39 is 15.6 Å². The van der Waals surface area contributed by atoms with Crippen molar-refractivity contribution in [3.05, 3.63) is 10.8 Å². The molecule has 0 amide bonds. The van der Waals surface area contributed by atoms with Gasteiger partial charge in [0.1, 0.15) is 6.61 Å². The average molecular weight is 294 g/mol. The zero-order valence-corrected chi connectivity index (χ0v) is 11.4. The van der Waals surface area contributed by atoms with Crippen LogP contribution in [0.15, 0.2) is 10.8 Å². The van der Waals surface area contributed by atoms with E-state index in [9.17, 15) is 8.42 Å². The van der Waals surface area contributed by atoms with E-state index in [1.54, 1.807) is 6.92 Å². The first-order chi connectivity index (χ1) is 8.50. The number of hydrogen-bond acceptors (Lipinski definition) is 6. The van der Waals surface area contributed by atoms with Crippen LogP contribution in [0, 0.1) is 0 Å². The van der Waals surface area contributed by atoms with Gasteiger partial charge in [-0.05, 0) is 6.42 Å². The van der Waals surface area contributed by atoms with E-state index in [0.29, 0.717) is 18.1 Å². The van der Waals surface area contributed by atoms with E-state index in [0.717, 1.165) is 0 Å². The molecule has 1 aromatic rings. The fourth-order valence-corrected chi connectivity index (χ4v) is 2.92. The van der Waals surface area contributed by atoms with Gasteiger partial charge in [0.2, 0.25) is 0 Å². The molecule has 6 nitrogen and oxygen atoms in total. The number of hydrogen-bond donors (Lipinski definition) is 1. The van der Waals surface area contributed by atoms with Gasteiger partial charge in [0.15, 0.2) is 23.0 Å². The molecule has 8 heteroatoms. The van der Waals surface area contributed by atoms with Crippen molar-refractivity contribution in [1.82, 2.24) is 0 Å². The SMILES string of the molecule is CCC(OCC1COc2cscc2O1)S(=O)(=O)O. The van der Waals surface area contributed by atoms with Crippen LogP contribution in [0.3, 0.4) is 0 Å². The third-order valence-corrected chi connectivity index (χ3v) is 4.28. The molecule has 2 rings (SSSR count). The Kier molecular flexibility index (Phi) is 4.10. The molecule has 102 valence electrons. The Morgan fingerprint density at radius 3 is 2.94 bits per heavy atom. The normalized spacial score (nSPS) is 20.7. The van der Waals surface area contributed by atoms with Crippen LogP contribution in [0.5, 0.6) is 11.5 Å². The fraction of sp³-hybridized carbons (Fsp3) is 0.600. The second kappa shape index (κ2) is 5.43. The Labute approximate surface area is 109 Å². The number of fused-ring (bicyclic) bond motifs is 1. The van der Waals surface area contributed by atoms with Crippen molar-refractivity contribution in [3.63, 3.8) is 0 Å².